The third-order valence-electron chi connectivity index (χ3n) is 5.49. The average Bonchev–Trinajstić information content (AvgIpc) is 3.36. The Hall–Kier alpha value is -2.05. The lowest BCUT2D eigenvalue weighted by atomic mass is 10.0. The topological polar surface area (TPSA) is 85.2 Å². The second-order valence-electron chi connectivity index (χ2n) is 7.58. The normalized spacial score (nSPS) is 15.4. The van der Waals surface area contributed by atoms with Crippen molar-refractivity contribution in [3.63, 3.8) is 0 Å². The molecule has 0 spiro atoms. The molecule has 184 valence electrons. The summed E-state index contributed by atoms with van der Waals surface area (Å²) in [5.74, 6) is 2.29. The molecule has 1 atom stereocenters. The first-order chi connectivity index (χ1) is 15.7. The number of ether oxygens (including phenoxy) is 3. The van der Waals surface area contributed by atoms with E-state index in [2.05, 4.69) is 44.1 Å². The average molecular weight is 572 g/mol. The van der Waals surface area contributed by atoms with Crippen molar-refractivity contribution in [1.82, 2.24) is 25.1 Å². The fraction of sp³-hybridized carbons (Fsp3) is 0.565. The summed E-state index contributed by atoms with van der Waals surface area (Å²) >= 11 is 0. The van der Waals surface area contributed by atoms with Crippen LogP contribution in [0.4, 0.5) is 0 Å². The first kappa shape index (κ1) is 27.2. The summed E-state index contributed by atoms with van der Waals surface area (Å²) in [6.07, 6.45) is 6.62. The van der Waals surface area contributed by atoms with Crippen LogP contribution in [-0.4, -0.2) is 80.6 Å². The van der Waals surface area contributed by atoms with Gasteiger partial charge in [-0.2, -0.15) is 0 Å². The van der Waals surface area contributed by atoms with Gasteiger partial charge in [-0.1, -0.05) is 6.07 Å². The quantitative estimate of drug-likeness (QED) is 0.185. The second kappa shape index (κ2) is 15.0. The lowest BCUT2D eigenvalue weighted by Gasteiger charge is -2.34. The van der Waals surface area contributed by atoms with Crippen LogP contribution in [0, 0.1) is 0 Å². The van der Waals surface area contributed by atoms with Crippen molar-refractivity contribution in [3.8, 4) is 11.5 Å². The molecule has 9 nitrogen and oxygen atoms in total. The maximum atomic E-state index is 5.57. The number of methoxy groups -OCH3 is 2. The smallest absolute Gasteiger partial charge is 0.191 e. The van der Waals surface area contributed by atoms with Gasteiger partial charge in [0.05, 0.1) is 46.3 Å². The predicted octanol–water partition coefficient (Wildman–Crippen LogP) is 2.54. The van der Waals surface area contributed by atoms with E-state index < -0.39 is 0 Å². The standard InChI is InChI=1S/C23H36N6O3.HI/c1-4-25-23(26-8-5-10-28-11-9-24-18-28)27-17-20(29-12-14-32-15-13-29)19-6-7-21(30-2)22(16-19)31-3;/h6-7,9,11,16,18,20H,4-5,8,10,12-15,17H2,1-3H3,(H2,25,26,27);1H. The number of hydrogen-bond donors (Lipinski definition) is 2. The Morgan fingerprint density at radius 2 is 1.97 bits per heavy atom. The molecule has 0 saturated carbocycles. The number of nitrogens with zero attached hydrogens (tertiary/aromatic N) is 4. The van der Waals surface area contributed by atoms with Crippen LogP contribution < -0.4 is 20.1 Å². The maximum absolute atomic E-state index is 5.57. The van der Waals surface area contributed by atoms with E-state index in [9.17, 15) is 0 Å². The number of benzene rings is 1. The Morgan fingerprint density at radius 1 is 1.18 bits per heavy atom. The molecule has 10 heteroatoms. The maximum Gasteiger partial charge on any atom is 0.191 e. The zero-order chi connectivity index (χ0) is 22.6. The number of aryl methyl sites for hydroxylation is 1. The van der Waals surface area contributed by atoms with Gasteiger partial charge in [-0.25, -0.2) is 4.98 Å². The minimum absolute atomic E-state index is 0. The van der Waals surface area contributed by atoms with Gasteiger partial charge in [-0.05, 0) is 31.0 Å². The molecule has 1 fully saturated rings. The van der Waals surface area contributed by atoms with Crippen molar-refractivity contribution in [2.24, 2.45) is 4.99 Å². The second-order valence-corrected chi connectivity index (χ2v) is 7.58. The van der Waals surface area contributed by atoms with Crippen LogP contribution in [0.15, 0.2) is 41.9 Å². The van der Waals surface area contributed by atoms with Gasteiger partial charge in [0.2, 0.25) is 0 Å². The molecular weight excluding hydrogens is 535 g/mol. The van der Waals surface area contributed by atoms with Crippen molar-refractivity contribution in [2.75, 3.05) is 60.2 Å². The number of aromatic nitrogens is 2. The highest BCUT2D eigenvalue weighted by Crippen LogP contribution is 2.32. The van der Waals surface area contributed by atoms with Gasteiger partial charge in [0.1, 0.15) is 0 Å². The van der Waals surface area contributed by atoms with E-state index in [0.717, 1.165) is 75.4 Å². The summed E-state index contributed by atoms with van der Waals surface area (Å²) in [6.45, 7) is 8.51. The number of morpholine rings is 1. The molecule has 2 heterocycles. The molecule has 1 aromatic heterocycles. The summed E-state index contributed by atoms with van der Waals surface area (Å²) in [6, 6.07) is 6.24. The van der Waals surface area contributed by atoms with Crippen molar-refractivity contribution in [2.45, 2.75) is 25.9 Å². The van der Waals surface area contributed by atoms with E-state index >= 15 is 0 Å². The third-order valence-corrected chi connectivity index (χ3v) is 5.49. The summed E-state index contributed by atoms with van der Waals surface area (Å²) < 4.78 is 18.6. The van der Waals surface area contributed by atoms with Gasteiger partial charge in [-0.3, -0.25) is 9.89 Å². The Labute approximate surface area is 213 Å². The molecule has 0 aliphatic carbocycles. The summed E-state index contributed by atoms with van der Waals surface area (Å²) in [5.41, 5.74) is 1.16. The van der Waals surface area contributed by atoms with Gasteiger partial charge < -0.3 is 29.4 Å². The Morgan fingerprint density at radius 3 is 2.64 bits per heavy atom. The monoisotopic (exact) mass is 572 g/mol. The molecule has 2 N–H and O–H groups in total. The summed E-state index contributed by atoms with van der Waals surface area (Å²) in [7, 11) is 3.32. The minimum Gasteiger partial charge on any atom is -0.493 e. The molecule has 0 radical (unpaired) electrons. The van der Waals surface area contributed by atoms with E-state index in [1.807, 2.05) is 18.6 Å². The number of guanidine groups is 1. The zero-order valence-electron chi connectivity index (χ0n) is 19.8. The molecule has 3 rings (SSSR count). The van der Waals surface area contributed by atoms with Crippen molar-refractivity contribution >= 4 is 29.9 Å². The number of imidazole rings is 1. The van der Waals surface area contributed by atoms with E-state index in [-0.39, 0.29) is 30.0 Å². The van der Waals surface area contributed by atoms with Gasteiger partial charge in [0, 0.05) is 45.1 Å². The summed E-state index contributed by atoms with van der Waals surface area (Å²) in [5, 5.41) is 6.81. The largest absolute Gasteiger partial charge is 0.493 e. The van der Waals surface area contributed by atoms with Gasteiger partial charge in [0.25, 0.3) is 0 Å². The van der Waals surface area contributed by atoms with Gasteiger partial charge in [0.15, 0.2) is 17.5 Å². The first-order valence-corrected chi connectivity index (χ1v) is 11.3. The van der Waals surface area contributed by atoms with E-state index in [4.69, 9.17) is 19.2 Å². The highest BCUT2D eigenvalue weighted by atomic mass is 127. The molecule has 1 aliphatic rings. The number of nitrogens with one attached hydrogen (secondary N) is 2. The molecule has 2 aromatic rings. The molecule has 0 bridgehead atoms. The highest BCUT2D eigenvalue weighted by molar-refractivity contribution is 14.0. The Bertz CT molecular complexity index is 828. The van der Waals surface area contributed by atoms with Crippen LogP contribution in [-0.2, 0) is 11.3 Å². The zero-order valence-corrected chi connectivity index (χ0v) is 22.2. The molecule has 0 amide bonds. The molecular formula is C23H37IN6O3. The highest BCUT2D eigenvalue weighted by Gasteiger charge is 2.24. The van der Waals surface area contributed by atoms with E-state index in [0.29, 0.717) is 6.54 Å². The number of aliphatic imine (C=N–C) groups is 1. The van der Waals surface area contributed by atoms with E-state index in [1.165, 1.54) is 0 Å². The molecule has 1 saturated heterocycles. The van der Waals surface area contributed by atoms with Crippen LogP contribution in [0.5, 0.6) is 11.5 Å². The first-order valence-electron chi connectivity index (χ1n) is 11.3. The van der Waals surface area contributed by atoms with Crippen molar-refractivity contribution < 1.29 is 14.2 Å². The predicted molar refractivity (Wildman–Crippen MR) is 141 cm³/mol. The van der Waals surface area contributed by atoms with Crippen molar-refractivity contribution in [1.29, 1.82) is 0 Å². The molecule has 1 aromatic carbocycles. The molecule has 1 unspecified atom stereocenters. The van der Waals surface area contributed by atoms with Crippen LogP contribution in [0.3, 0.4) is 0 Å². The van der Waals surface area contributed by atoms with Gasteiger partial charge in [-0.15, -0.1) is 24.0 Å². The van der Waals surface area contributed by atoms with Crippen molar-refractivity contribution in [3.05, 3.63) is 42.5 Å². The fourth-order valence-corrected chi connectivity index (χ4v) is 3.79. The van der Waals surface area contributed by atoms with Crippen LogP contribution in [0.1, 0.15) is 24.9 Å². The number of halogens is 1. The van der Waals surface area contributed by atoms with E-state index in [1.54, 1.807) is 20.4 Å². The molecule has 1 aliphatic heterocycles. The van der Waals surface area contributed by atoms with Crippen LogP contribution in [0.2, 0.25) is 0 Å². The lowest BCUT2D eigenvalue weighted by molar-refractivity contribution is 0.0179. The number of hydrogen-bond acceptors (Lipinski definition) is 6. The Kier molecular flexibility index (Phi) is 12.3. The lowest BCUT2D eigenvalue weighted by Crippen LogP contribution is -2.42. The van der Waals surface area contributed by atoms with Crippen LogP contribution in [0.25, 0.3) is 0 Å². The third kappa shape index (κ3) is 8.35. The minimum atomic E-state index is 0. The van der Waals surface area contributed by atoms with Gasteiger partial charge >= 0.3 is 0 Å². The molecule has 33 heavy (non-hydrogen) atoms. The Balaban J connectivity index is 0.00000385. The fourth-order valence-electron chi connectivity index (χ4n) is 3.79. The summed E-state index contributed by atoms with van der Waals surface area (Å²) in [4.78, 5) is 11.4. The van der Waals surface area contributed by atoms with Crippen LogP contribution >= 0.6 is 24.0 Å². The SMILES string of the molecule is CCNC(=NCC(c1ccc(OC)c(OC)c1)N1CCOCC1)NCCCn1ccnc1.I. The number of rotatable bonds is 11.